The van der Waals surface area contributed by atoms with Crippen LogP contribution in [0.15, 0.2) is 36.4 Å². The molecule has 0 atom stereocenters. The van der Waals surface area contributed by atoms with Gasteiger partial charge in [0.25, 0.3) is 5.91 Å². The van der Waals surface area contributed by atoms with E-state index in [0.717, 1.165) is 6.07 Å². The molecule has 0 aliphatic heterocycles. The van der Waals surface area contributed by atoms with Gasteiger partial charge < -0.3 is 10.1 Å². The molecule has 0 radical (unpaired) electrons. The highest BCUT2D eigenvalue weighted by Gasteiger charge is 2.16. The van der Waals surface area contributed by atoms with Crippen LogP contribution in [0, 0.1) is 5.82 Å². The molecule has 0 aliphatic carbocycles. The molecule has 0 unspecified atom stereocenters. The van der Waals surface area contributed by atoms with Gasteiger partial charge in [0.2, 0.25) is 0 Å². The van der Waals surface area contributed by atoms with Crippen LogP contribution in [0.5, 0.6) is 0 Å². The minimum absolute atomic E-state index is 0.0949. The summed E-state index contributed by atoms with van der Waals surface area (Å²) in [5.41, 5.74) is 0.890. The standard InChI is InChI=1S/C16H11ClFN3O3/c1-24-16(23)14-11-7-9(3-5-13(11)20-21-14)19-15(22)10-6-8(17)2-4-12(10)18/h2-7H,1H3,(H,19,22)(H,20,21). The normalized spacial score (nSPS) is 10.6. The SMILES string of the molecule is COC(=O)c1n[nH]c2ccc(NC(=O)c3cc(Cl)ccc3F)cc12. The molecule has 0 saturated carbocycles. The third-order valence-corrected chi connectivity index (χ3v) is 3.61. The third kappa shape index (κ3) is 2.93. The first-order valence-corrected chi connectivity index (χ1v) is 7.20. The van der Waals surface area contributed by atoms with Gasteiger partial charge in [-0.05, 0) is 36.4 Å². The molecule has 0 aliphatic rings. The second-order valence-corrected chi connectivity index (χ2v) is 5.34. The van der Waals surface area contributed by atoms with Crippen molar-refractivity contribution in [3.63, 3.8) is 0 Å². The molecule has 0 bridgehead atoms. The van der Waals surface area contributed by atoms with E-state index in [0.29, 0.717) is 16.6 Å². The van der Waals surface area contributed by atoms with E-state index in [1.54, 1.807) is 18.2 Å². The lowest BCUT2D eigenvalue weighted by molar-refractivity contribution is 0.0596. The van der Waals surface area contributed by atoms with Crippen molar-refractivity contribution in [2.75, 3.05) is 12.4 Å². The van der Waals surface area contributed by atoms with Crippen LogP contribution in [-0.4, -0.2) is 29.2 Å². The monoisotopic (exact) mass is 347 g/mol. The number of carbonyl (C=O) groups excluding carboxylic acids is 2. The summed E-state index contributed by atoms with van der Waals surface area (Å²) in [6, 6.07) is 8.49. The Balaban J connectivity index is 1.94. The van der Waals surface area contributed by atoms with E-state index in [9.17, 15) is 14.0 Å². The van der Waals surface area contributed by atoms with Crippen LogP contribution in [0.4, 0.5) is 10.1 Å². The summed E-state index contributed by atoms with van der Waals surface area (Å²) in [5, 5.41) is 9.86. The molecule has 122 valence electrons. The van der Waals surface area contributed by atoms with Gasteiger partial charge in [-0.1, -0.05) is 11.6 Å². The first kappa shape index (κ1) is 15.9. The maximum absolute atomic E-state index is 13.7. The summed E-state index contributed by atoms with van der Waals surface area (Å²) in [6.07, 6.45) is 0. The Labute approximate surface area is 140 Å². The topological polar surface area (TPSA) is 84.1 Å². The summed E-state index contributed by atoms with van der Waals surface area (Å²) in [7, 11) is 1.25. The van der Waals surface area contributed by atoms with E-state index in [4.69, 9.17) is 11.6 Å². The Morgan fingerprint density at radius 2 is 2.04 bits per heavy atom. The highest BCUT2D eigenvalue weighted by Crippen LogP contribution is 2.22. The van der Waals surface area contributed by atoms with Crippen molar-refractivity contribution in [2.24, 2.45) is 0 Å². The Morgan fingerprint density at radius 3 is 2.79 bits per heavy atom. The summed E-state index contributed by atoms with van der Waals surface area (Å²) in [5.74, 6) is -1.94. The first-order chi connectivity index (χ1) is 11.5. The maximum atomic E-state index is 13.7. The lowest BCUT2D eigenvalue weighted by atomic mass is 10.1. The quantitative estimate of drug-likeness (QED) is 0.711. The van der Waals surface area contributed by atoms with Crippen molar-refractivity contribution in [1.29, 1.82) is 0 Å². The van der Waals surface area contributed by atoms with Crippen LogP contribution in [0.2, 0.25) is 5.02 Å². The van der Waals surface area contributed by atoms with Crippen LogP contribution >= 0.6 is 11.6 Å². The predicted molar refractivity (Wildman–Crippen MR) is 86.8 cm³/mol. The molecule has 2 aromatic carbocycles. The Bertz CT molecular complexity index is 955. The predicted octanol–water partition coefficient (Wildman–Crippen LogP) is 3.39. The number of anilines is 1. The largest absolute Gasteiger partial charge is 0.464 e. The first-order valence-electron chi connectivity index (χ1n) is 6.82. The van der Waals surface area contributed by atoms with Gasteiger partial charge in [-0.3, -0.25) is 9.89 Å². The second kappa shape index (κ2) is 6.29. The van der Waals surface area contributed by atoms with Gasteiger partial charge in [0.1, 0.15) is 5.82 Å². The average molecular weight is 348 g/mol. The van der Waals surface area contributed by atoms with Gasteiger partial charge in [-0.15, -0.1) is 0 Å². The molecule has 0 spiro atoms. The molecule has 3 rings (SSSR count). The Kier molecular flexibility index (Phi) is 4.18. The summed E-state index contributed by atoms with van der Waals surface area (Å²) in [6.45, 7) is 0. The fourth-order valence-corrected chi connectivity index (χ4v) is 2.39. The lowest BCUT2D eigenvalue weighted by Gasteiger charge is -2.07. The van der Waals surface area contributed by atoms with E-state index in [-0.39, 0.29) is 16.3 Å². The number of esters is 1. The zero-order chi connectivity index (χ0) is 17.3. The minimum atomic E-state index is -0.684. The number of halogens is 2. The maximum Gasteiger partial charge on any atom is 0.359 e. The molecule has 1 amide bonds. The van der Waals surface area contributed by atoms with E-state index in [1.165, 1.54) is 19.2 Å². The van der Waals surface area contributed by atoms with E-state index >= 15 is 0 Å². The van der Waals surface area contributed by atoms with Crippen molar-refractivity contribution in [1.82, 2.24) is 10.2 Å². The number of ether oxygens (including phenoxy) is 1. The molecule has 2 N–H and O–H groups in total. The molecule has 1 heterocycles. The average Bonchev–Trinajstić information content (AvgIpc) is 2.99. The number of aromatic amines is 1. The number of hydrogen-bond acceptors (Lipinski definition) is 4. The van der Waals surface area contributed by atoms with E-state index < -0.39 is 17.7 Å². The van der Waals surface area contributed by atoms with Crippen LogP contribution in [0.1, 0.15) is 20.8 Å². The third-order valence-electron chi connectivity index (χ3n) is 3.37. The van der Waals surface area contributed by atoms with Gasteiger partial charge in [0.05, 0.1) is 18.2 Å². The van der Waals surface area contributed by atoms with Crippen LogP contribution in [0.3, 0.4) is 0 Å². The van der Waals surface area contributed by atoms with Crippen LogP contribution in [-0.2, 0) is 4.74 Å². The second-order valence-electron chi connectivity index (χ2n) is 4.90. The van der Waals surface area contributed by atoms with E-state index in [2.05, 4.69) is 20.3 Å². The number of aromatic nitrogens is 2. The highest BCUT2D eigenvalue weighted by molar-refractivity contribution is 6.31. The number of amides is 1. The zero-order valence-electron chi connectivity index (χ0n) is 12.4. The highest BCUT2D eigenvalue weighted by atomic mass is 35.5. The molecule has 6 nitrogen and oxygen atoms in total. The Hall–Kier alpha value is -2.93. The number of carbonyl (C=O) groups is 2. The van der Waals surface area contributed by atoms with Gasteiger partial charge >= 0.3 is 5.97 Å². The fraction of sp³-hybridized carbons (Fsp3) is 0.0625. The minimum Gasteiger partial charge on any atom is -0.464 e. The van der Waals surface area contributed by atoms with Crippen LogP contribution in [0.25, 0.3) is 10.9 Å². The van der Waals surface area contributed by atoms with Gasteiger partial charge in [-0.2, -0.15) is 5.10 Å². The fourth-order valence-electron chi connectivity index (χ4n) is 2.21. The zero-order valence-corrected chi connectivity index (χ0v) is 13.1. The number of benzene rings is 2. The van der Waals surface area contributed by atoms with Gasteiger partial charge in [0, 0.05) is 16.1 Å². The summed E-state index contributed by atoms with van der Waals surface area (Å²) in [4.78, 5) is 23.9. The molecule has 3 aromatic rings. The molecule has 0 fully saturated rings. The molecule has 24 heavy (non-hydrogen) atoms. The number of hydrogen-bond donors (Lipinski definition) is 2. The summed E-state index contributed by atoms with van der Waals surface area (Å²) < 4.78 is 18.4. The van der Waals surface area contributed by atoms with Crippen molar-refractivity contribution >= 4 is 40.1 Å². The molecular formula is C16H11ClFN3O3. The van der Waals surface area contributed by atoms with Crippen molar-refractivity contribution in [2.45, 2.75) is 0 Å². The number of nitrogens with zero attached hydrogens (tertiary/aromatic N) is 1. The number of H-pyrrole nitrogens is 1. The summed E-state index contributed by atoms with van der Waals surface area (Å²) >= 11 is 5.79. The van der Waals surface area contributed by atoms with Crippen LogP contribution < -0.4 is 5.32 Å². The lowest BCUT2D eigenvalue weighted by Crippen LogP contribution is -2.13. The number of nitrogens with one attached hydrogen (secondary N) is 2. The van der Waals surface area contributed by atoms with E-state index in [1.807, 2.05) is 0 Å². The molecule has 8 heteroatoms. The number of methoxy groups -OCH3 is 1. The van der Waals surface area contributed by atoms with Crippen molar-refractivity contribution < 1.29 is 18.7 Å². The Morgan fingerprint density at radius 1 is 1.25 bits per heavy atom. The molecular weight excluding hydrogens is 337 g/mol. The number of rotatable bonds is 3. The smallest absolute Gasteiger partial charge is 0.359 e. The van der Waals surface area contributed by atoms with Crippen molar-refractivity contribution in [3.8, 4) is 0 Å². The molecule has 0 saturated heterocycles. The van der Waals surface area contributed by atoms with Crippen molar-refractivity contribution in [3.05, 3.63) is 58.5 Å². The number of fused-ring (bicyclic) bond motifs is 1. The van der Waals surface area contributed by atoms with Gasteiger partial charge in [-0.25, -0.2) is 9.18 Å². The van der Waals surface area contributed by atoms with Gasteiger partial charge in [0.15, 0.2) is 5.69 Å². The molecule has 1 aromatic heterocycles.